The van der Waals surface area contributed by atoms with E-state index in [0.717, 1.165) is 0 Å². The molecule has 0 saturated carbocycles. The summed E-state index contributed by atoms with van der Waals surface area (Å²) < 4.78 is 0. The van der Waals surface area contributed by atoms with Gasteiger partial charge in [-0.05, 0) is 24.6 Å². The number of carboxylic acids is 1. The van der Waals surface area contributed by atoms with Crippen molar-refractivity contribution in [1.82, 2.24) is 25.9 Å². The topological polar surface area (TPSA) is 243 Å². The van der Waals surface area contributed by atoms with E-state index in [1.165, 1.54) is 43.7 Å². The van der Waals surface area contributed by atoms with E-state index in [0.29, 0.717) is 11.3 Å². The van der Waals surface area contributed by atoms with Crippen LogP contribution in [0.4, 0.5) is 0 Å². The molecule has 194 valence electrons. The Morgan fingerprint density at radius 2 is 1.53 bits per heavy atom. The number of imidazole rings is 1. The van der Waals surface area contributed by atoms with Crippen LogP contribution in [0.25, 0.3) is 0 Å². The number of hydrogen-bond donors (Lipinski definition) is 8. The molecule has 14 nitrogen and oxygen atoms in total. The van der Waals surface area contributed by atoms with E-state index in [1.54, 1.807) is 0 Å². The Labute approximate surface area is 205 Å². The molecular weight excluding hydrogens is 474 g/mol. The molecule has 0 bridgehead atoms. The van der Waals surface area contributed by atoms with Gasteiger partial charge in [0, 0.05) is 24.7 Å². The summed E-state index contributed by atoms with van der Waals surface area (Å²) in [6.07, 6.45) is 1.94. The van der Waals surface area contributed by atoms with Gasteiger partial charge in [0.05, 0.1) is 18.8 Å². The van der Waals surface area contributed by atoms with Gasteiger partial charge in [-0.15, -0.1) is 0 Å². The lowest BCUT2D eigenvalue weighted by Gasteiger charge is -2.24. The first-order chi connectivity index (χ1) is 17.0. The second-order valence-electron chi connectivity index (χ2n) is 8.13. The number of nitrogens with two attached hydrogens (primary N) is 2. The molecule has 1 heterocycles. The number of primary amides is 1. The zero-order valence-corrected chi connectivity index (χ0v) is 19.4. The van der Waals surface area contributed by atoms with Crippen molar-refractivity contribution in [2.75, 3.05) is 0 Å². The van der Waals surface area contributed by atoms with Crippen LogP contribution >= 0.6 is 0 Å². The number of H-pyrrole nitrogens is 1. The van der Waals surface area contributed by atoms with Crippen LogP contribution in [0.1, 0.15) is 24.6 Å². The molecule has 0 aliphatic rings. The lowest BCUT2D eigenvalue weighted by atomic mass is 10.0. The molecule has 10 N–H and O–H groups in total. The summed E-state index contributed by atoms with van der Waals surface area (Å²) >= 11 is 0. The molecule has 2 rings (SSSR count). The number of nitrogens with one attached hydrogen (secondary N) is 4. The number of aromatic amines is 1. The van der Waals surface area contributed by atoms with Gasteiger partial charge in [-0.2, -0.15) is 0 Å². The molecule has 4 atom stereocenters. The minimum Gasteiger partial charge on any atom is -0.508 e. The van der Waals surface area contributed by atoms with E-state index in [4.69, 9.17) is 11.5 Å². The van der Waals surface area contributed by atoms with E-state index < -0.39 is 60.2 Å². The number of aromatic hydroxyl groups is 1. The van der Waals surface area contributed by atoms with E-state index in [2.05, 4.69) is 25.9 Å². The summed E-state index contributed by atoms with van der Waals surface area (Å²) in [5.74, 6) is -4.71. The number of aliphatic carboxylic acids is 1. The number of rotatable bonds is 13. The van der Waals surface area contributed by atoms with Crippen LogP contribution in [0.2, 0.25) is 0 Å². The van der Waals surface area contributed by atoms with Crippen LogP contribution in [0, 0.1) is 0 Å². The van der Waals surface area contributed by atoms with E-state index in [-0.39, 0.29) is 18.6 Å². The first-order valence-electron chi connectivity index (χ1n) is 10.9. The quantitative estimate of drug-likeness (QED) is 0.146. The number of benzene rings is 1. The van der Waals surface area contributed by atoms with Crippen LogP contribution in [0.5, 0.6) is 5.75 Å². The fourth-order valence-corrected chi connectivity index (χ4v) is 3.15. The number of phenols is 1. The van der Waals surface area contributed by atoms with Crippen molar-refractivity contribution >= 4 is 29.6 Å². The third kappa shape index (κ3) is 8.72. The fraction of sp³-hybridized carbons (Fsp3) is 0.364. The number of amides is 4. The fourth-order valence-electron chi connectivity index (χ4n) is 3.15. The summed E-state index contributed by atoms with van der Waals surface area (Å²) in [6, 6.07) is 0.797. The van der Waals surface area contributed by atoms with E-state index in [1.807, 2.05) is 0 Å². The van der Waals surface area contributed by atoms with Crippen molar-refractivity contribution in [3.8, 4) is 5.75 Å². The second-order valence-corrected chi connectivity index (χ2v) is 8.13. The Bertz CT molecular complexity index is 1070. The number of carbonyl (C=O) groups excluding carboxylic acids is 4. The van der Waals surface area contributed by atoms with Crippen LogP contribution in [0.15, 0.2) is 36.8 Å². The third-order valence-corrected chi connectivity index (χ3v) is 5.05. The van der Waals surface area contributed by atoms with Gasteiger partial charge in [-0.3, -0.25) is 19.2 Å². The smallest absolute Gasteiger partial charge is 0.326 e. The molecule has 0 aliphatic heterocycles. The highest BCUT2D eigenvalue weighted by Gasteiger charge is 2.31. The van der Waals surface area contributed by atoms with Gasteiger partial charge in [-0.25, -0.2) is 9.78 Å². The van der Waals surface area contributed by atoms with Crippen LogP contribution < -0.4 is 27.4 Å². The molecule has 0 fully saturated rings. The van der Waals surface area contributed by atoms with Gasteiger partial charge < -0.3 is 42.6 Å². The monoisotopic (exact) mass is 503 g/mol. The maximum atomic E-state index is 13.1. The minimum absolute atomic E-state index is 0.000625. The molecule has 0 spiro atoms. The molecule has 0 radical (unpaired) electrons. The number of hydrogen-bond acceptors (Lipinski definition) is 8. The van der Waals surface area contributed by atoms with Crippen LogP contribution in [-0.2, 0) is 36.8 Å². The van der Waals surface area contributed by atoms with Crippen molar-refractivity contribution in [2.45, 2.75) is 50.4 Å². The standard InChI is InChI=1S/C22H29N7O7/c1-11(23)19(32)27-15(6-12-2-4-14(30)5-3-12)20(33)28-16(8-18(24)31)21(34)29-17(22(35)36)7-13-9-25-10-26-13/h2-5,9-11,15-17,30H,6-8,23H2,1H3,(H2,24,31)(H,25,26)(H,27,32)(H,28,33)(H,29,34)(H,35,36). The highest BCUT2D eigenvalue weighted by molar-refractivity contribution is 5.96. The normalized spacial score (nSPS) is 14.1. The number of aromatic nitrogens is 2. The molecule has 1 aromatic carbocycles. The summed E-state index contributed by atoms with van der Waals surface area (Å²) in [7, 11) is 0. The molecule has 14 heteroatoms. The highest BCUT2D eigenvalue weighted by Crippen LogP contribution is 2.12. The van der Waals surface area contributed by atoms with Crippen molar-refractivity contribution in [1.29, 1.82) is 0 Å². The zero-order valence-electron chi connectivity index (χ0n) is 19.4. The second kappa shape index (κ2) is 12.9. The van der Waals surface area contributed by atoms with Gasteiger partial charge in [-0.1, -0.05) is 12.1 Å². The van der Waals surface area contributed by atoms with Gasteiger partial charge in [0.15, 0.2) is 0 Å². The number of phenolic OH excluding ortho intramolecular Hbond substituents is 1. The Hall–Kier alpha value is -4.46. The molecule has 0 aliphatic carbocycles. The largest absolute Gasteiger partial charge is 0.508 e. The average Bonchev–Trinajstić information content (AvgIpc) is 3.31. The zero-order chi connectivity index (χ0) is 26.8. The molecule has 0 saturated heterocycles. The molecule has 1 aromatic heterocycles. The van der Waals surface area contributed by atoms with Gasteiger partial charge in [0.1, 0.15) is 23.9 Å². The summed E-state index contributed by atoms with van der Waals surface area (Å²) in [5.41, 5.74) is 11.8. The highest BCUT2D eigenvalue weighted by atomic mass is 16.4. The van der Waals surface area contributed by atoms with Crippen LogP contribution in [0.3, 0.4) is 0 Å². The number of carboxylic acid groups (broad SMARTS) is 1. The average molecular weight is 504 g/mol. The van der Waals surface area contributed by atoms with Crippen LogP contribution in [-0.4, -0.2) is 73.9 Å². The van der Waals surface area contributed by atoms with Gasteiger partial charge in [0.2, 0.25) is 23.6 Å². The maximum Gasteiger partial charge on any atom is 0.326 e. The lowest BCUT2D eigenvalue weighted by molar-refractivity contribution is -0.142. The Balaban J connectivity index is 2.20. The Kier molecular flexibility index (Phi) is 9.92. The summed E-state index contributed by atoms with van der Waals surface area (Å²) in [4.78, 5) is 67.8. The molecule has 4 amide bonds. The van der Waals surface area contributed by atoms with Crippen molar-refractivity contribution in [3.05, 3.63) is 48.0 Å². The van der Waals surface area contributed by atoms with Crippen molar-refractivity contribution in [2.24, 2.45) is 11.5 Å². The molecule has 36 heavy (non-hydrogen) atoms. The molecular formula is C22H29N7O7. The van der Waals surface area contributed by atoms with Gasteiger partial charge >= 0.3 is 5.97 Å². The number of nitrogens with zero attached hydrogens (tertiary/aromatic N) is 1. The predicted octanol–water partition coefficient (Wildman–Crippen LogP) is -2.34. The Morgan fingerprint density at radius 3 is 2.06 bits per heavy atom. The first kappa shape index (κ1) is 27.8. The maximum absolute atomic E-state index is 13.1. The third-order valence-electron chi connectivity index (χ3n) is 5.05. The molecule has 4 unspecified atom stereocenters. The minimum atomic E-state index is -1.52. The molecule has 2 aromatic rings. The predicted molar refractivity (Wildman–Crippen MR) is 125 cm³/mol. The van der Waals surface area contributed by atoms with Crippen molar-refractivity contribution in [3.63, 3.8) is 0 Å². The van der Waals surface area contributed by atoms with Crippen molar-refractivity contribution < 1.29 is 34.2 Å². The summed E-state index contributed by atoms with van der Waals surface area (Å²) in [6.45, 7) is 1.42. The SMILES string of the molecule is CC(N)C(=O)NC(Cc1ccc(O)cc1)C(=O)NC(CC(N)=O)C(=O)NC(Cc1cnc[nH]1)C(=O)O. The Morgan fingerprint density at radius 1 is 0.944 bits per heavy atom. The first-order valence-corrected chi connectivity index (χ1v) is 10.9. The van der Waals surface area contributed by atoms with Gasteiger partial charge in [0.25, 0.3) is 0 Å². The van der Waals surface area contributed by atoms with E-state index >= 15 is 0 Å². The lowest BCUT2D eigenvalue weighted by Crippen LogP contribution is -2.58. The number of carbonyl (C=O) groups is 5. The summed E-state index contributed by atoms with van der Waals surface area (Å²) in [5, 5.41) is 26.1. The van der Waals surface area contributed by atoms with E-state index in [9.17, 15) is 34.2 Å².